The zero-order valence-corrected chi connectivity index (χ0v) is 12.8. The van der Waals surface area contributed by atoms with E-state index in [1.165, 1.54) is 37.1 Å². The normalized spacial score (nSPS) is 10.1. The largest absolute Gasteiger partial charge is 0.494 e. The summed E-state index contributed by atoms with van der Waals surface area (Å²) in [6.45, 7) is 0. The van der Waals surface area contributed by atoms with E-state index < -0.39 is 4.92 Å². The minimum Gasteiger partial charge on any atom is -0.494 e. The number of amides is 1. The molecule has 6 nitrogen and oxygen atoms in total. The van der Waals surface area contributed by atoms with E-state index in [2.05, 4.69) is 5.32 Å². The lowest BCUT2D eigenvalue weighted by Gasteiger charge is -2.11. The van der Waals surface area contributed by atoms with Gasteiger partial charge in [-0.1, -0.05) is 12.1 Å². The number of nitro benzene ring substituents is 1. The van der Waals surface area contributed by atoms with Gasteiger partial charge in [0, 0.05) is 11.0 Å². The average Bonchev–Trinajstić information content (AvgIpc) is 2.54. The van der Waals surface area contributed by atoms with Crippen LogP contribution < -0.4 is 10.1 Å². The lowest BCUT2D eigenvalue weighted by Crippen LogP contribution is -2.13. The summed E-state index contributed by atoms with van der Waals surface area (Å²) in [7, 11) is 1.39. The van der Waals surface area contributed by atoms with E-state index in [0.29, 0.717) is 11.3 Å². The SMILES string of the molecule is COc1cc([N+](=O)[O-])ccc1NC(=O)c1ccccc1SC. The Morgan fingerprint density at radius 2 is 2.00 bits per heavy atom. The fourth-order valence-corrected chi connectivity index (χ4v) is 2.51. The molecule has 0 heterocycles. The molecule has 2 rings (SSSR count). The number of nitrogens with one attached hydrogen (secondary N) is 1. The molecule has 0 bridgehead atoms. The molecule has 2 aromatic carbocycles. The third-order valence-corrected chi connectivity index (χ3v) is 3.79. The van der Waals surface area contributed by atoms with Crippen molar-refractivity contribution in [3.8, 4) is 5.75 Å². The first-order valence-corrected chi connectivity index (χ1v) is 7.56. The third kappa shape index (κ3) is 3.37. The van der Waals surface area contributed by atoms with Crippen LogP contribution in [0.25, 0.3) is 0 Å². The van der Waals surface area contributed by atoms with Gasteiger partial charge in [0.25, 0.3) is 11.6 Å². The van der Waals surface area contributed by atoms with Gasteiger partial charge in [0.05, 0.1) is 29.4 Å². The standard InChI is InChI=1S/C15H14N2O4S/c1-21-13-9-10(17(19)20)7-8-12(13)16-15(18)11-5-3-4-6-14(11)22-2/h3-9H,1-2H3,(H,16,18). The zero-order valence-electron chi connectivity index (χ0n) is 12.0. The Morgan fingerprint density at radius 1 is 1.27 bits per heavy atom. The van der Waals surface area contributed by atoms with Crippen molar-refractivity contribution in [1.82, 2.24) is 0 Å². The number of rotatable bonds is 5. The van der Waals surface area contributed by atoms with Crippen LogP contribution in [-0.2, 0) is 0 Å². The fourth-order valence-electron chi connectivity index (χ4n) is 1.92. The molecule has 0 spiro atoms. The molecule has 0 aromatic heterocycles. The number of methoxy groups -OCH3 is 1. The van der Waals surface area contributed by atoms with Gasteiger partial charge in [-0.05, 0) is 24.5 Å². The number of hydrogen-bond acceptors (Lipinski definition) is 5. The molecule has 0 fully saturated rings. The van der Waals surface area contributed by atoms with Gasteiger partial charge >= 0.3 is 0 Å². The van der Waals surface area contributed by atoms with E-state index in [-0.39, 0.29) is 17.3 Å². The van der Waals surface area contributed by atoms with E-state index in [4.69, 9.17) is 4.74 Å². The van der Waals surface area contributed by atoms with E-state index in [0.717, 1.165) is 4.90 Å². The van der Waals surface area contributed by atoms with Gasteiger partial charge in [-0.15, -0.1) is 11.8 Å². The molecule has 0 atom stereocenters. The summed E-state index contributed by atoms with van der Waals surface area (Å²) in [5, 5.41) is 13.5. The second kappa shape index (κ2) is 6.95. The van der Waals surface area contributed by atoms with Gasteiger partial charge in [-0.25, -0.2) is 0 Å². The maximum absolute atomic E-state index is 12.4. The number of ether oxygens (including phenoxy) is 1. The molecule has 0 aliphatic carbocycles. The molecule has 0 saturated heterocycles. The molecule has 0 aliphatic rings. The lowest BCUT2D eigenvalue weighted by molar-refractivity contribution is -0.384. The van der Waals surface area contributed by atoms with Gasteiger partial charge in [0.2, 0.25) is 0 Å². The average molecular weight is 318 g/mol. The summed E-state index contributed by atoms with van der Waals surface area (Å²) >= 11 is 1.47. The van der Waals surface area contributed by atoms with Crippen LogP contribution in [0.2, 0.25) is 0 Å². The maximum atomic E-state index is 12.4. The van der Waals surface area contributed by atoms with Crippen molar-refractivity contribution in [2.45, 2.75) is 4.90 Å². The number of nitro groups is 1. The summed E-state index contributed by atoms with van der Waals surface area (Å²) in [4.78, 5) is 23.5. The Kier molecular flexibility index (Phi) is 5.00. The van der Waals surface area contributed by atoms with Crippen molar-refractivity contribution in [2.24, 2.45) is 0 Å². The molecule has 0 unspecified atom stereocenters. The predicted octanol–water partition coefficient (Wildman–Crippen LogP) is 3.58. The first kappa shape index (κ1) is 15.8. The molecule has 0 radical (unpaired) electrons. The van der Waals surface area contributed by atoms with Crippen molar-refractivity contribution in [1.29, 1.82) is 0 Å². The molecule has 114 valence electrons. The van der Waals surface area contributed by atoms with Crippen molar-refractivity contribution >= 4 is 29.0 Å². The van der Waals surface area contributed by atoms with E-state index in [1.54, 1.807) is 12.1 Å². The van der Waals surface area contributed by atoms with Gasteiger partial charge in [0.15, 0.2) is 0 Å². The molecular weight excluding hydrogens is 304 g/mol. The van der Waals surface area contributed by atoms with Crippen LogP contribution in [0.15, 0.2) is 47.4 Å². The molecule has 1 N–H and O–H groups in total. The highest BCUT2D eigenvalue weighted by molar-refractivity contribution is 7.98. The number of nitrogens with zero attached hydrogens (tertiary/aromatic N) is 1. The van der Waals surface area contributed by atoms with Crippen molar-refractivity contribution in [2.75, 3.05) is 18.7 Å². The van der Waals surface area contributed by atoms with Crippen molar-refractivity contribution < 1.29 is 14.5 Å². The number of carbonyl (C=O) groups excluding carboxylic acids is 1. The summed E-state index contributed by atoms with van der Waals surface area (Å²) in [6.07, 6.45) is 1.89. The maximum Gasteiger partial charge on any atom is 0.273 e. The second-order valence-electron chi connectivity index (χ2n) is 4.30. The lowest BCUT2D eigenvalue weighted by atomic mass is 10.2. The number of non-ortho nitro benzene ring substituents is 1. The Labute approximate surface area is 131 Å². The molecule has 0 saturated carbocycles. The topological polar surface area (TPSA) is 81.5 Å². The summed E-state index contributed by atoms with van der Waals surface area (Å²) in [5.74, 6) is -0.0544. The molecule has 1 amide bonds. The molecule has 22 heavy (non-hydrogen) atoms. The first-order valence-electron chi connectivity index (χ1n) is 6.33. The summed E-state index contributed by atoms with van der Waals surface area (Å²) in [5.41, 5.74) is 0.823. The third-order valence-electron chi connectivity index (χ3n) is 3.00. The predicted molar refractivity (Wildman–Crippen MR) is 85.8 cm³/mol. The number of benzene rings is 2. The van der Waals surface area contributed by atoms with Crippen LogP contribution in [0, 0.1) is 10.1 Å². The molecular formula is C15H14N2O4S. The van der Waals surface area contributed by atoms with Crippen LogP contribution in [0.4, 0.5) is 11.4 Å². The monoisotopic (exact) mass is 318 g/mol. The summed E-state index contributed by atoms with van der Waals surface area (Å²) < 4.78 is 5.11. The minimum atomic E-state index is -0.517. The zero-order chi connectivity index (χ0) is 16.1. The Morgan fingerprint density at radius 3 is 2.64 bits per heavy atom. The highest BCUT2D eigenvalue weighted by Crippen LogP contribution is 2.30. The van der Waals surface area contributed by atoms with Crippen LogP contribution in [0.5, 0.6) is 5.75 Å². The molecule has 0 aliphatic heterocycles. The second-order valence-corrected chi connectivity index (χ2v) is 5.14. The minimum absolute atomic E-state index is 0.0978. The number of anilines is 1. The fraction of sp³-hybridized carbons (Fsp3) is 0.133. The smallest absolute Gasteiger partial charge is 0.273 e. The van der Waals surface area contributed by atoms with Crippen molar-refractivity contribution in [3.05, 3.63) is 58.1 Å². The van der Waals surface area contributed by atoms with Gasteiger partial charge < -0.3 is 10.1 Å². The summed E-state index contributed by atoms with van der Waals surface area (Å²) in [6, 6.07) is 11.3. The van der Waals surface area contributed by atoms with E-state index in [1.807, 2.05) is 18.4 Å². The highest BCUT2D eigenvalue weighted by atomic mass is 32.2. The Bertz CT molecular complexity index is 718. The van der Waals surface area contributed by atoms with Gasteiger partial charge in [-0.3, -0.25) is 14.9 Å². The van der Waals surface area contributed by atoms with Crippen LogP contribution in [0.3, 0.4) is 0 Å². The van der Waals surface area contributed by atoms with Crippen LogP contribution >= 0.6 is 11.8 Å². The quantitative estimate of drug-likeness (QED) is 0.518. The number of hydrogen-bond donors (Lipinski definition) is 1. The van der Waals surface area contributed by atoms with Crippen LogP contribution in [0.1, 0.15) is 10.4 Å². The highest BCUT2D eigenvalue weighted by Gasteiger charge is 2.15. The number of carbonyl (C=O) groups is 1. The molecule has 2 aromatic rings. The molecule has 7 heteroatoms. The number of thioether (sulfide) groups is 1. The first-order chi connectivity index (χ1) is 10.6. The van der Waals surface area contributed by atoms with Gasteiger partial charge in [0.1, 0.15) is 5.75 Å². The Hall–Kier alpha value is -2.54. The van der Waals surface area contributed by atoms with Gasteiger partial charge in [-0.2, -0.15) is 0 Å². The van der Waals surface area contributed by atoms with E-state index in [9.17, 15) is 14.9 Å². The Balaban J connectivity index is 2.30. The van der Waals surface area contributed by atoms with E-state index >= 15 is 0 Å². The van der Waals surface area contributed by atoms with Crippen LogP contribution in [-0.4, -0.2) is 24.2 Å². The van der Waals surface area contributed by atoms with Crippen molar-refractivity contribution in [3.63, 3.8) is 0 Å².